The molecule has 1 aromatic heterocycles. The van der Waals surface area contributed by atoms with Gasteiger partial charge in [-0.25, -0.2) is 4.68 Å². The van der Waals surface area contributed by atoms with Crippen molar-refractivity contribution in [2.45, 2.75) is 27.2 Å². The van der Waals surface area contributed by atoms with Crippen LogP contribution >= 0.6 is 0 Å². The Hall–Kier alpha value is -2.14. The van der Waals surface area contributed by atoms with Crippen molar-refractivity contribution < 1.29 is 9.90 Å². The summed E-state index contributed by atoms with van der Waals surface area (Å²) in [5.41, 5.74) is 3.59. The Morgan fingerprint density at radius 2 is 1.96 bits per heavy atom. The van der Waals surface area contributed by atoms with E-state index in [1.165, 1.54) is 5.56 Å². The molecule has 0 unspecified atom stereocenters. The maximum atomic E-state index is 12.7. The molecule has 5 nitrogen and oxygen atoms in total. The van der Waals surface area contributed by atoms with E-state index in [9.17, 15) is 9.90 Å². The van der Waals surface area contributed by atoms with Crippen LogP contribution in [0, 0.1) is 12.3 Å². The lowest BCUT2D eigenvalue weighted by Crippen LogP contribution is -2.58. The predicted molar refractivity (Wildman–Crippen MR) is 88.8 cm³/mol. The summed E-state index contributed by atoms with van der Waals surface area (Å²) in [5, 5.41) is 13.8. The molecule has 0 radical (unpaired) electrons. The fourth-order valence-corrected chi connectivity index (χ4v) is 3.09. The van der Waals surface area contributed by atoms with E-state index in [0.717, 1.165) is 17.8 Å². The van der Waals surface area contributed by atoms with Crippen LogP contribution in [0.25, 0.3) is 5.69 Å². The van der Waals surface area contributed by atoms with Crippen LogP contribution in [-0.4, -0.2) is 45.4 Å². The highest BCUT2D eigenvalue weighted by Crippen LogP contribution is 2.31. The minimum absolute atomic E-state index is 0.00568. The van der Waals surface area contributed by atoms with Crippen LogP contribution < -0.4 is 0 Å². The lowest BCUT2D eigenvalue weighted by atomic mass is 9.82. The van der Waals surface area contributed by atoms with E-state index in [4.69, 9.17) is 0 Å². The van der Waals surface area contributed by atoms with Gasteiger partial charge in [0.25, 0.3) is 5.91 Å². The third-order valence-electron chi connectivity index (χ3n) is 4.53. The van der Waals surface area contributed by atoms with Crippen LogP contribution in [0.5, 0.6) is 0 Å². The molecule has 1 fully saturated rings. The summed E-state index contributed by atoms with van der Waals surface area (Å²) in [4.78, 5) is 14.5. The Kier molecular flexibility index (Phi) is 3.98. The van der Waals surface area contributed by atoms with E-state index in [-0.39, 0.29) is 17.9 Å². The van der Waals surface area contributed by atoms with Crippen LogP contribution in [0.3, 0.4) is 0 Å². The van der Waals surface area contributed by atoms with Crippen molar-refractivity contribution in [2.24, 2.45) is 5.41 Å². The van der Waals surface area contributed by atoms with Crippen molar-refractivity contribution >= 4 is 5.91 Å². The van der Waals surface area contributed by atoms with Gasteiger partial charge < -0.3 is 10.0 Å². The van der Waals surface area contributed by atoms with Crippen molar-refractivity contribution in [1.82, 2.24) is 14.7 Å². The van der Waals surface area contributed by atoms with E-state index in [1.807, 2.05) is 49.7 Å². The molecule has 23 heavy (non-hydrogen) atoms. The second kappa shape index (κ2) is 5.81. The van der Waals surface area contributed by atoms with E-state index < -0.39 is 0 Å². The lowest BCUT2D eigenvalue weighted by molar-refractivity contribution is -0.0153. The van der Waals surface area contributed by atoms with Gasteiger partial charge >= 0.3 is 0 Å². The Bertz CT molecular complexity index is 712. The first-order valence-corrected chi connectivity index (χ1v) is 8.01. The summed E-state index contributed by atoms with van der Waals surface area (Å²) >= 11 is 0. The van der Waals surface area contributed by atoms with Gasteiger partial charge in [-0.3, -0.25) is 4.79 Å². The standard InChI is InChI=1S/C18H23N3O2/c1-4-16-15(17(23)20-10-18(3,11-20)12-22)9-19-21(16)14-7-5-13(2)6-8-14/h5-9,22H,4,10-12H2,1-3H3. The molecule has 0 aliphatic carbocycles. The number of nitrogens with zero attached hydrogens (tertiary/aromatic N) is 3. The van der Waals surface area contributed by atoms with Gasteiger partial charge in [0.15, 0.2) is 0 Å². The van der Waals surface area contributed by atoms with Crippen molar-refractivity contribution in [2.75, 3.05) is 19.7 Å². The molecule has 122 valence electrons. The Labute approximate surface area is 136 Å². The topological polar surface area (TPSA) is 58.4 Å². The minimum atomic E-state index is -0.158. The number of aryl methyl sites for hydroxylation is 1. The molecule has 1 aliphatic heterocycles. The fourth-order valence-electron chi connectivity index (χ4n) is 3.09. The molecule has 1 N–H and O–H groups in total. The average Bonchev–Trinajstić information content (AvgIpc) is 2.95. The molecule has 1 saturated heterocycles. The van der Waals surface area contributed by atoms with Crippen LogP contribution in [0.1, 0.15) is 35.5 Å². The number of amides is 1. The van der Waals surface area contributed by atoms with E-state index in [1.54, 1.807) is 11.1 Å². The molecule has 1 aromatic carbocycles. The Morgan fingerprint density at radius 3 is 2.52 bits per heavy atom. The van der Waals surface area contributed by atoms with Crippen LogP contribution in [0.2, 0.25) is 0 Å². The Balaban J connectivity index is 1.87. The van der Waals surface area contributed by atoms with Crippen molar-refractivity contribution in [3.05, 3.63) is 47.3 Å². The van der Waals surface area contributed by atoms with Gasteiger partial charge in [-0.05, 0) is 25.5 Å². The van der Waals surface area contributed by atoms with Crippen molar-refractivity contribution in [1.29, 1.82) is 0 Å². The number of benzene rings is 1. The first-order valence-electron chi connectivity index (χ1n) is 8.01. The number of carbonyl (C=O) groups excluding carboxylic acids is 1. The quantitative estimate of drug-likeness (QED) is 0.941. The number of aliphatic hydroxyl groups is 1. The number of hydrogen-bond acceptors (Lipinski definition) is 3. The molecule has 0 spiro atoms. The maximum absolute atomic E-state index is 12.7. The molecule has 0 saturated carbocycles. The van der Waals surface area contributed by atoms with Gasteiger partial charge in [-0.1, -0.05) is 31.5 Å². The minimum Gasteiger partial charge on any atom is -0.396 e. The monoisotopic (exact) mass is 313 g/mol. The second-order valence-corrected chi connectivity index (χ2v) is 6.74. The molecule has 1 amide bonds. The molecule has 0 bridgehead atoms. The summed E-state index contributed by atoms with van der Waals surface area (Å²) in [6.45, 7) is 7.38. The third kappa shape index (κ3) is 2.77. The second-order valence-electron chi connectivity index (χ2n) is 6.74. The summed E-state index contributed by atoms with van der Waals surface area (Å²) in [5.74, 6) is 0.00568. The number of carbonyl (C=O) groups is 1. The summed E-state index contributed by atoms with van der Waals surface area (Å²) < 4.78 is 1.84. The van der Waals surface area contributed by atoms with Crippen LogP contribution in [0.4, 0.5) is 0 Å². The van der Waals surface area contributed by atoms with Crippen LogP contribution in [-0.2, 0) is 6.42 Å². The molecule has 2 heterocycles. The number of aliphatic hydroxyl groups excluding tert-OH is 1. The van der Waals surface area contributed by atoms with Crippen molar-refractivity contribution in [3.8, 4) is 5.69 Å². The largest absolute Gasteiger partial charge is 0.396 e. The van der Waals surface area contributed by atoms with E-state index in [0.29, 0.717) is 18.7 Å². The molecule has 5 heteroatoms. The normalized spacial score (nSPS) is 16.3. The summed E-state index contributed by atoms with van der Waals surface area (Å²) in [7, 11) is 0. The summed E-state index contributed by atoms with van der Waals surface area (Å²) in [6.07, 6.45) is 2.40. The van der Waals surface area contributed by atoms with Gasteiger partial charge in [-0.15, -0.1) is 0 Å². The molecular weight excluding hydrogens is 290 g/mol. The first kappa shape index (κ1) is 15.7. The molecule has 3 rings (SSSR count). The highest BCUT2D eigenvalue weighted by molar-refractivity contribution is 5.96. The zero-order valence-corrected chi connectivity index (χ0v) is 13.9. The van der Waals surface area contributed by atoms with E-state index >= 15 is 0 Å². The van der Waals surface area contributed by atoms with Crippen LogP contribution in [0.15, 0.2) is 30.5 Å². The van der Waals surface area contributed by atoms with Gasteiger partial charge in [0.2, 0.25) is 0 Å². The summed E-state index contributed by atoms with van der Waals surface area (Å²) in [6, 6.07) is 8.12. The lowest BCUT2D eigenvalue weighted by Gasteiger charge is -2.46. The fraction of sp³-hybridized carbons (Fsp3) is 0.444. The first-order chi connectivity index (χ1) is 11.0. The third-order valence-corrected chi connectivity index (χ3v) is 4.53. The van der Waals surface area contributed by atoms with Gasteiger partial charge in [0.1, 0.15) is 0 Å². The maximum Gasteiger partial charge on any atom is 0.257 e. The zero-order valence-electron chi connectivity index (χ0n) is 13.9. The van der Waals surface area contributed by atoms with Gasteiger partial charge in [0, 0.05) is 18.5 Å². The number of rotatable bonds is 4. The molecule has 0 atom stereocenters. The average molecular weight is 313 g/mol. The highest BCUT2D eigenvalue weighted by atomic mass is 16.3. The number of hydrogen-bond donors (Lipinski definition) is 1. The Morgan fingerprint density at radius 1 is 1.30 bits per heavy atom. The SMILES string of the molecule is CCc1c(C(=O)N2CC(C)(CO)C2)cnn1-c1ccc(C)cc1. The number of likely N-dealkylation sites (tertiary alicyclic amines) is 1. The van der Waals surface area contributed by atoms with Gasteiger partial charge in [0.05, 0.1) is 29.7 Å². The molecule has 2 aromatic rings. The highest BCUT2D eigenvalue weighted by Gasteiger charge is 2.41. The van der Waals surface area contributed by atoms with Gasteiger partial charge in [-0.2, -0.15) is 5.10 Å². The van der Waals surface area contributed by atoms with Crippen molar-refractivity contribution in [3.63, 3.8) is 0 Å². The van der Waals surface area contributed by atoms with E-state index in [2.05, 4.69) is 5.10 Å². The smallest absolute Gasteiger partial charge is 0.257 e. The molecular formula is C18H23N3O2. The number of aromatic nitrogens is 2. The molecule has 1 aliphatic rings. The predicted octanol–water partition coefficient (Wildman–Crippen LogP) is 2.20. The zero-order chi connectivity index (χ0) is 16.6.